The highest BCUT2D eigenvalue weighted by molar-refractivity contribution is 7.92. The smallest absolute Gasteiger partial charge is 0.339 e. The van der Waals surface area contributed by atoms with Gasteiger partial charge in [-0.15, -0.1) is 0 Å². The number of anilines is 2. The first-order chi connectivity index (χ1) is 14.1. The molecule has 0 saturated heterocycles. The summed E-state index contributed by atoms with van der Waals surface area (Å²) < 4.78 is 35.8. The summed E-state index contributed by atoms with van der Waals surface area (Å²) in [6.45, 7) is 3.21. The van der Waals surface area contributed by atoms with Gasteiger partial charge in [-0.1, -0.05) is 17.7 Å². The maximum absolute atomic E-state index is 12.6. The highest BCUT2D eigenvalue weighted by Crippen LogP contribution is 2.31. The Bertz CT molecular complexity index is 1060. The fourth-order valence-corrected chi connectivity index (χ4v) is 3.78. The van der Waals surface area contributed by atoms with Gasteiger partial charge >= 0.3 is 5.97 Å². The van der Waals surface area contributed by atoms with E-state index < -0.39 is 28.4 Å². The fraction of sp³-hybridized carbons (Fsp3) is 0.300. The van der Waals surface area contributed by atoms with E-state index in [1.54, 1.807) is 32.0 Å². The molecule has 1 N–H and O–H groups in total. The molecule has 0 aromatic heterocycles. The van der Waals surface area contributed by atoms with E-state index in [1.807, 2.05) is 0 Å². The molecule has 0 aliphatic heterocycles. The summed E-state index contributed by atoms with van der Waals surface area (Å²) >= 11 is 6.10. The van der Waals surface area contributed by atoms with Crippen molar-refractivity contribution in [2.24, 2.45) is 0 Å². The molecule has 0 aliphatic carbocycles. The number of esters is 1. The number of aryl methyl sites for hydroxylation is 1. The molecule has 0 fully saturated rings. The summed E-state index contributed by atoms with van der Waals surface area (Å²) in [6.07, 6.45) is 1.01. The van der Waals surface area contributed by atoms with Gasteiger partial charge in [-0.05, 0) is 49.7 Å². The third-order valence-electron chi connectivity index (χ3n) is 4.04. The zero-order valence-corrected chi connectivity index (χ0v) is 18.6. The average molecular weight is 455 g/mol. The van der Waals surface area contributed by atoms with Crippen LogP contribution in [0.1, 0.15) is 22.8 Å². The van der Waals surface area contributed by atoms with Crippen molar-refractivity contribution in [2.45, 2.75) is 13.8 Å². The van der Waals surface area contributed by atoms with Crippen LogP contribution in [0.4, 0.5) is 11.4 Å². The number of carbonyl (C=O) groups excluding carboxylic acids is 2. The zero-order chi connectivity index (χ0) is 22.5. The first kappa shape index (κ1) is 23.5. The quantitative estimate of drug-likeness (QED) is 0.614. The van der Waals surface area contributed by atoms with Gasteiger partial charge in [-0.3, -0.25) is 9.10 Å². The van der Waals surface area contributed by atoms with Crippen LogP contribution < -0.4 is 14.4 Å². The van der Waals surface area contributed by atoms with Crippen molar-refractivity contribution in [3.05, 3.63) is 52.5 Å². The van der Waals surface area contributed by atoms with Gasteiger partial charge in [-0.2, -0.15) is 0 Å². The van der Waals surface area contributed by atoms with Crippen molar-refractivity contribution < 1.29 is 27.5 Å². The van der Waals surface area contributed by atoms with E-state index in [2.05, 4.69) is 5.32 Å². The van der Waals surface area contributed by atoms with E-state index in [4.69, 9.17) is 21.1 Å². The van der Waals surface area contributed by atoms with Crippen molar-refractivity contribution >= 4 is 44.9 Å². The van der Waals surface area contributed by atoms with Gasteiger partial charge in [0.1, 0.15) is 12.3 Å². The normalized spacial score (nSPS) is 11.0. The van der Waals surface area contributed by atoms with Gasteiger partial charge in [0.2, 0.25) is 15.9 Å². The number of nitrogens with zero attached hydrogens (tertiary/aromatic N) is 1. The lowest BCUT2D eigenvalue weighted by atomic mass is 10.2. The third-order valence-corrected chi connectivity index (χ3v) is 5.48. The molecule has 0 unspecified atom stereocenters. The van der Waals surface area contributed by atoms with Gasteiger partial charge in [-0.25, -0.2) is 13.2 Å². The number of carbonyl (C=O) groups is 2. The molecule has 0 atom stereocenters. The number of benzene rings is 2. The second-order valence-electron chi connectivity index (χ2n) is 6.41. The largest absolute Gasteiger partial charge is 0.495 e. The monoisotopic (exact) mass is 454 g/mol. The van der Waals surface area contributed by atoms with E-state index in [1.165, 1.54) is 25.3 Å². The topological polar surface area (TPSA) is 102 Å². The molecular weight excluding hydrogens is 432 g/mol. The number of hydrogen-bond donors (Lipinski definition) is 1. The Kier molecular flexibility index (Phi) is 7.69. The Hall–Kier alpha value is -2.78. The number of amides is 1. The molecule has 0 spiro atoms. The Morgan fingerprint density at radius 3 is 2.43 bits per heavy atom. The first-order valence-corrected chi connectivity index (χ1v) is 11.2. The predicted molar refractivity (Wildman–Crippen MR) is 116 cm³/mol. The minimum absolute atomic E-state index is 0.103. The lowest BCUT2D eigenvalue weighted by molar-refractivity contribution is -0.114. The van der Waals surface area contributed by atoms with Crippen LogP contribution in [0, 0.1) is 6.92 Å². The maximum atomic E-state index is 12.6. The van der Waals surface area contributed by atoms with Crippen molar-refractivity contribution in [2.75, 3.05) is 36.1 Å². The molecule has 162 valence electrons. The number of halogens is 1. The summed E-state index contributed by atoms with van der Waals surface area (Å²) in [6, 6.07) is 9.33. The Morgan fingerprint density at radius 2 is 1.87 bits per heavy atom. The standard InChI is InChI=1S/C20H23ClN2O6S/c1-5-29-20(25)15-8-7-14(11-16(15)21)22-19(24)12-23(30(4,26)27)17-10-13(2)6-9-18(17)28-3/h6-11H,5,12H2,1-4H3,(H,22,24). The average Bonchev–Trinajstić information content (AvgIpc) is 2.65. The number of nitrogens with one attached hydrogen (secondary N) is 1. The Labute approximate surface area is 180 Å². The molecular formula is C20H23ClN2O6S. The van der Waals surface area contributed by atoms with Crippen LogP contribution >= 0.6 is 11.6 Å². The maximum Gasteiger partial charge on any atom is 0.339 e. The van der Waals surface area contributed by atoms with Gasteiger partial charge < -0.3 is 14.8 Å². The van der Waals surface area contributed by atoms with Crippen LogP contribution in [0.5, 0.6) is 5.75 Å². The molecule has 1 amide bonds. The van der Waals surface area contributed by atoms with Crippen LogP contribution in [0.25, 0.3) is 0 Å². The Balaban J connectivity index is 2.25. The van der Waals surface area contributed by atoms with E-state index in [9.17, 15) is 18.0 Å². The molecule has 0 bridgehead atoms. The molecule has 0 heterocycles. The molecule has 10 heteroatoms. The van der Waals surface area contributed by atoms with Crippen LogP contribution in [-0.2, 0) is 19.6 Å². The van der Waals surface area contributed by atoms with Crippen molar-refractivity contribution in [3.63, 3.8) is 0 Å². The van der Waals surface area contributed by atoms with Crippen LogP contribution in [0.2, 0.25) is 5.02 Å². The van der Waals surface area contributed by atoms with Gasteiger partial charge in [0, 0.05) is 5.69 Å². The molecule has 2 aromatic carbocycles. The zero-order valence-electron chi connectivity index (χ0n) is 17.1. The second-order valence-corrected chi connectivity index (χ2v) is 8.72. The number of hydrogen-bond acceptors (Lipinski definition) is 6. The number of rotatable bonds is 8. The first-order valence-electron chi connectivity index (χ1n) is 8.95. The molecule has 2 rings (SSSR count). The van der Waals surface area contributed by atoms with Crippen LogP contribution in [-0.4, -0.2) is 46.8 Å². The lowest BCUT2D eigenvalue weighted by Crippen LogP contribution is -2.37. The third kappa shape index (κ3) is 5.87. The van der Waals surface area contributed by atoms with E-state index in [-0.39, 0.29) is 22.9 Å². The highest BCUT2D eigenvalue weighted by atomic mass is 35.5. The van der Waals surface area contributed by atoms with Gasteiger partial charge in [0.25, 0.3) is 0 Å². The molecule has 0 radical (unpaired) electrons. The SMILES string of the molecule is CCOC(=O)c1ccc(NC(=O)CN(c2cc(C)ccc2OC)S(C)(=O)=O)cc1Cl. The summed E-state index contributed by atoms with van der Waals surface area (Å²) in [5, 5.41) is 2.69. The van der Waals surface area contributed by atoms with Crippen molar-refractivity contribution in [3.8, 4) is 5.75 Å². The predicted octanol–water partition coefficient (Wildman–Crippen LogP) is 3.24. The van der Waals surface area contributed by atoms with E-state index in [0.717, 1.165) is 16.1 Å². The van der Waals surface area contributed by atoms with E-state index >= 15 is 0 Å². The molecule has 8 nitrogen and oxygen atoms in total. The highest BCUT2D eigenvalue weighted by Gasteiger charge is 2.24. The van der Waals surface area contributed by atoms with Crippen molar-refractivity contribution in [1.29, 1.82) is 0 Å². The Morgan fingerprint density at radius 1 is 1.17 bits per heavy atom. The minimum Gasteiger partial charge on any atom is -0.495 e. The van der Waals surface area contributed by atoms with Crippen LogP contribution in [0.15, 0.2) is 36.4 Å². The number of ether oxygens (including phenoxy) is 2. The molecule has 30 heavy (non-hydrogen) atoms. The summed E-state index contributed by atoms with van der Waals surface area (Å²) in [5.41, 5.74) is 1.54. The number of sulfonamides is 1. The molecule has 2 aromatic rings. The van der Waals surface area contributed by atoms with Crippen molar-refractivity contribution in [1.82, 2.24) is 0 Å². The fourth-order valence-electron chi connectivity index (χ4n) is 2.67. The summed E-state index contributed by atoms with van der Waals surface area (Å²) in [4.78, 5) is 24.4. The second kappa shape index (κ2) is 9.82. The van der Waals surface area contributed by atoms with E-state index in [0.29, 0.717) is 11.4 Å². The summed E-state index contributed by atoms with van der Waals surface area (Å²) in [5.74, 6) is -0.847. The number of methoxy groups -OCH3 is 1. The van der Waals surface area contributed by atoms with Crippen LogP contribution in [0.3, 0.4) is 0 Å². The molecule has 0 saturated carbocycles. The van der Waals surface area contributed by atoms with Gasteiger partial charge in [0.15, 0.2) is 0 Å². The molecule has 0 aliphatic rings. The van der Waals surface area contributed by atoms with Gasteiger partial charge in [0.05, 0.1) is 36.2 Å². The lowest BCUT2D eigenvalue weighted by Gasteiger charge is -2.24. The minimum atomic E-state index is -3.78. The summed E-state index contributed by atoms with van der Waals surface area (Å²) in [7, 11) is -2.36.